The predicted octanol–water partition coefficient (Wildman–Crippen LogP) is 2.30. The summed E-state index contributed by atoms with van der Waals surface area (Å²) in [6.45, 7) is 3.54. The Bertz CT molecular complexity index is 772. The second kappa shape index (κ2) is 5.70. The fourth-order valence-electron chi connectivity index (χ4n) is 1.83. The molecule has 21 heavy (non-hydrogen) atoms. The van der Waals surface area contributed by atoms with E-state index in [0.717, 1.165) is 21.4 Å². The van der Waals surface area contributed by atoms with Crippen LogP contribution in [0.25, 0.3) is 0 Å². The number of benzene rings is 1. The molecule has 0 saturated carbocycles. The number of nitrogen functional groups attached to an aromatic ring is 1. The number of rotatable bonds is 4. The van der Waals surface area contributed by atoms with E-state index in [1.165, 1.54) is 18.4 Å². The van der Waals surface area contributed by atoms with Gasteiger partial charge in [-0.25, -0.2) is 17.8 Å². The number of thiazole rings is 1. The van der Waals surface area contributed by atoms with Gasteiger partial charge in [-0.3, -0.25) is 0 Å². The molecule has 2 N–H and O–H groups in total. The molecule has 0 aliphatic heterocycles. The van der Waals surface area contributed by atoms with E-state index in [4.69, 9.17) is 5.73 Å². The van der Waals surface area contributed by atoms with Crippen molar-refractivity contribution in [3.05, 3.63) is 39.6 Å². The SMILES string of the molecule is Cc1nc(CN(C)S(=O)(=O)c2cc(N)c(C)cc2F)cs1. The molecule has 0 bridgehead atoms. The van der Waals surface area contributed by atoms with E-state index in [1.807, 2.05) is 6.92 Å². The Kier molecular flexibility index (Phi) is 4.31. The minimum Gasteiger partial charge on any atom is -0.398 e. The third-order valence-electron chi connectivity index (χ3n) is 3.06. The van der Waals surface area contributed by atoms with Gasteiger partial charge in [-0.05, 0) is 31.5 Å². The van der Waals surface area contributed by atoms with Crippen LogP contribution in [0.5, 0.6) is 0 Å². The molecule has 0 aliphatic carbocycles. The number of hydrogen-bond acceptors (Lipinski definition) is 5. The molecule has 114 valence electrons. The third kappa shape index (κ3) is 3.22. The zero-order valence-electron chi connectivity index (χ0n) is 11.9. The summed E-state index contributed by atoms with van der Waals surface area (Å²) in [6, 6.07) is 2.28. The van der Waals surface area contributed by atoms with Crippen molar-refractivity contribution in [1.29, 1.82) is 0 Å². The molecule has 5 nitrogen and oxygen atoms in total. The number of sulfonamides is 1. The van der Waals surface area contributed by atoms with E-state index < -0.39 is 20.7 Å². The number of anilines is 1. The molecular weight excluding hydrogens is 313 g/mol. The second-order valence-corrected chi connectivity index (χ2v) is 7.83. The van der Waals surface area contributed by atoms with Crippen LogP contribution in [-0.2, 0) is 16.6 Å². The Balaban J connectivity index is 2.35. The van der Waals surface area contributed by atoms with Crippen LogP contribution in [0.1, 0.15) is 16.3 Å². The van der Waals surface area contributed by atoms with E-state index in [1.54, 1.807) is 12.3 Å². The first kappa shape index (κ1) is 15.9. The first-order chi connectivity index (χ1) is 9.71. The number of aryl methyl sites for hydroxylation is 2. The van der Waals surface area contributed by atoms with Crippen LogP contribution in [0.4, 0.5) is 10.1 Å². The van der Waals surface area contributed by atoms with Gasteiger partial charge in [0, 0.05) is 18.1 Å². The van der Waals surface area contributed by atoms with Crippen molar-refractivity contribution in [2.45, 2.75) is 25.3 Å². The van der Waals surface area contributed by atoms with Crippen LogP contribution in [0.3, 0.4) is 0 Å². The number of halogens is 1. The average Bonchev–Trinajstić information content (AvgIpc) is 2.79. The molecule has 1 aromatic carbocycles. The number of hydrogen-bond donors (Lipinski definition) is 1. The molecule has 0 spiro atoms. The highest BCUT2D eigenvalue weighted by atomic mass is 32.2. The maximum absolute atomic E-state index is 14.0. The topological polar surface area (TPSA) is 76.3 Å². The van der Waals surface area contributed by atoms with Gasteiger partial charge >= 0.3 is 0 Å². The van der Waals surface area contributed by atoms with Gasteiger partial charge in [0.05, 0.1) is 17.2 Å². The lowest BCUT2D eigenvalue weighted by Gasteiger charge is -2.17. The minimum absolute atomic E-state index is 0.0832. The molecule has 2 aromatic rings. The summed E-state index contributed by atoms with van der Waals surface area (Å²) >= 11 is 1.43. The quantitative estimate of drug-likeness (QED) is 0.873. The summed E-state index contributed by atoms with van der Waals surface area (Å²) in [4.78, 5) is 3.79. The summed E-state index contributed by atoms with van der Waals surface area (Å²) < 4.78 is 39.9. The molecular formula is C13H16FN3O2S2. The standard InChI is InChI=1S/C13H16FN3O2S2/c1-8-4-11(14)13(5-12(8)15)21(18,19)17(3)6-10-7-20-9(2)16-10/h4-5,7H,6,15H2,1-3H3. The van der Waals surface area contributed by atoms with Crippen LogP contribution < -0.4 is 5.73 Å². The van der Waals surface area contributed by atoms with Crippen LogP contribution in [0, 0.1) is 19.7 Å². The van der Waals surface area contributed by atoms with E-state index in [0.29, 0.717) is 11.3 Å². The monoisotopic (exact) mass is 329 g/mol. The maximum atomic E-state index is 14.0. The van der Waals surface area contributed by atoms with Crippen molar-refractivity contribution in [3.63, 3.8) is 0 Å². The molecule has 0 unspecified atom stereocenters. The molecule has 2 rings (SSSR count). The van der Waals surface area contributed by atoms with E-state index in [-0.39, 0.29) is 12.2 Å². The lowest BCUT2D eigenvalue weighted by atomic mass is 10.2. The maximum Gasteiger partial charge on any atom is 0.246 e. The van der Waals surface area contributed by atoms with Crippen LogP contribution in [0.2, 0.25) is 0 Å². The zero-order valence-corrected chi connectivity index (χ0v) is 13.6. The average molecular weight is 329 g/mol. The largest absolute Gasteiger partial charge is 0.398 e. The van der Waals surface area contributed by atoms with E-state index in [9.17, 15) is 12.8 Å². The number of nitrogens with zero attached hydrogens (tertiary/aromatic N) is 2. The van der Waals surface area contributed by atoms with Gasteiger partial charge in [0.25, 0.3) is 0 Å². The molecule has 0 saturated heterocycles. The van der Waals surface area contributed by atoms with Crippen molar-refractivity contribution in [2.75, 3.05) is 12.8 Å². The number of aromatic nitrogens is 1. The first-order valence-electron chi connectivity index (χ1n) is 6.15. The molecule has 1 heterocycles. The van der Waals surface area contributed by atoms with Crippen molar-refractivity contribution in [3.8, 4) is 0 Å². The molecule has 0 aliphatic rings. The lowest BCUT2D eigenvalue weighted by molar-refractivity contribution is 0.456. The Labute approximate surface area is 127 Å². The molecule has 0 amide bonds. The van der Waals surface area contributed by atoms with Gasteiger partial charge in [-0.15, -0.1) is 11.3 Å². The van der Waals surface area contributed by atoms with E-state index >= 15 is 0 Å². The van der Waals surface area contributed by atoms with Gasteiger partial charge in [0.15, 0.2) is 0 Å². The summed E-state index contributed by atoms with van der Waals surface area (Å²) in [6.07, 6.45) is 0. The molecule has 1 aromatic heterocycles. The van der Waals surface area contributed by atoms with E-state index in [2.05, 4.69) is 4.98 Å². The van der Waals surface area contributed by atoms with Gasteiger partial charge in [-0.1, -0.05) is 0 Å². The first-order valence-corrected chi connectivity index (χ1v) is 8.46. The van der Waals surface area contributed by atoms with Crippen molar-refractivity contribution in [1.82, 2.24) is 9.29 Å². The lowest BCUT2D eigenvalue weighted by Crippen LogP contribution is -2.27. The van der Waals surface area contributed by atoms with Gasteiger partial charge in [-0.2, -0.15) is 4.31 Å². The molecule has 0 radical (unpaired) electrons. The van der Waals surface area contributed by atoms with Crippen molar-refractivity contribution < 1.29 is 12.8 Å². The molecule has 8 heteroatoms. The Morgan fingerprint density at radius 1 is 1.38 bits per heavy atom. The van der Waals surface area contributed by atoms with Crippen molar-refractivity contribution >= 4 is 27.0 Å². The highest BCUT2D eigenvalue weighted by Gasteiger charge is 2.26. The molecule has 0 atom stereocenters. The Morgan fingerprint density at radius 2 is 2.05 bits per heavy atom. The van der Waals surface area contributed by atoms with Crippen molar-refractivity contribution in [2.24, 2.45) is 0 Å². The number of nitrogens with two attached hydrogens (primary N) is 1. The zero-order chi connectivity index (χ0) is 15.8. The Morgan fingerprint density at radius 3 is 2.62 bits per heavy atom. The highest BCUT2D eigenvalue weighted by molar-refractivity contribution is 7.89. The van der Waals surface area contributed by atoms with Crippen LogP contribution >= 0.6 is 11.3 Å². The van der Waals surface area contributed by atoms with Crippen LogP contribution in [-0.4, -0.2) is 24.8 Å². The Hall–Kier alpha value is -1.51. The summed E-state index contributed by atoms with van der Waals surface area (Å²) in [5.74, 6) is -0.803. The third-order valence-corrected chi connectivity index (χ3v) is 5.70. The highest BCUT2D eigenvalue weighted by Crippen LogP contribution is 2.25. The second-order valence-electron chi connectivity index (χ2n) is 4.76. The van der Waals surface area contributed by atoms with Gasteiger partial charge in [0.2, 0.25) is 10.0 Å². The van der Waals surface area contributed by atoms with Gasteiger partial charge in [0.1, 0.15) is 10.7 Å². The summed E-state index contributed by atoms with van der Waals surface area (Å²) in [5.41, 5.74) is 7.06. The smallest absolute Gasteiger partial charge is 0.246 e. The summed E-state index contributed by atoms with van der Waals surface area (Å²) in [5, 5.41) is 2.63. The fraction of sp³-hybridized carbons (Fsp3) is 0.308. The van der Waals surface area contributed by atoms with Crippen LogP contribution in [0.15, 0.2) is 22.4 Å². The minimum atomic E-state index is -3.95. The summed E-state index contributed by atoms with van der Waals surface area (Å²) in [7, 11) is -2.57. The molecule has 0 fully saturated rings. The fourth-order valence-corrected chi connectivity index (χ4v) is 3.65. The predicted molar refractivity (Wildman–Crippen MR) is 81.1 cm³/mol. The van der Waals surface area contributed by atoms with Gasteiger partial charge < -0.3 is 5.73 Å². The normalized spacial score (nSPS) is 12.0.